The van der Waals surface area contributed by atoms with Crippen LogP contribution in [-0.2, 0) is 4.79 Å². The Morgan fingerprint density at radius 1 is 1.22 bits per heavy atom. The van der Waals surface area contributed by atoms with E-state index in [1.165, 1.54) is 22.8 Å². The van der Waals surface area contributed by atoms with Crippen LogP contribution in [0.3, 0.4) is 0 Å². The minimum absolute atomic E-state index is 0.0270. The molecule has 1 atom stereocenters. The van der Waals surface area contributed by atoms with Crippen LogP contribution < -0.4 is 5.32 Å². The van der Waals surface area contributed by atoms with Crippen LogP contribution >= 0.6 is 0 Å². The van der Waals surface area contributed by atoms with Gasteiger partial charge in [0, 0.05) is 25.6 Å². The summed E-state index contributed by atoms with van der Waals surface area (Å²) >= 11 is 0. The molecule has 1 aliphatic rings. The summed E-state index contributed by atoms with van der Waals surface area (Å²) in [5.41, 5.74) is 4.16. The molecule has 2 aromatic carbocycles. The van der Waals surface area contributed by atoms with Crippen LogP contribution in [0.2, 0.25) is 0 Å². The zero-order valence-corrected chi connectivity index (χ0v) is 15.8. The highest BCUT2D eigenvalue weighted by Crippen LogP contribution is 2.33. The van der Waals surface area contributed by atoms with Gasteiger partial charge in [0.2, 0.25) is 5.91 Å². The molecule has 0 radical (unpaired) electrons. The van der Waals surface area contributed by atoms with Crippen LogP contribution in [0.25, 0.3) is 0 Å². The molecular weight excluding hydrogens is 342 g/mol. The third-order valence-corrected chi connectivity index (χ3v) is 5.24. The van der Waals surface area contributed by atoms with Gasteiger partial charge in [-0.1, -0.05) is 30.3 Å². The monoisotopic (exact) mass is 367 g/mol. The van der Waals surface area contributed by atoms with Crippen LogP contribution in [0.15, 0.2) is 42.5 Å². The second kappa shape index (κ2) is 8.20. The fraction of sp³-hybridized carbons (Fsp3) is 0.381. The van der Waals surface area contributed by atoms with E-state index in [1.54, 1.807) is 18.2 Å². The number of nitro groups is 1. The first kappa shape index (κ1) is 18.9. The van der Waals surface area contributed by atoms with Gasteiger partial charge in [0.1, 0.15) is 5.69 Å². The average molecular weight is 367 g/mol. The molecule has 1 amide bonds. The van der Waals surface area contributed by atoms with E-state index in [2.05, 4.69) is 37.4 Å². The van der Waals surface area contributed by atoms with Crippen molar-refractivity contribution in [2.45, 2.75) is 39.2 Å². The van der Waals surface area contributed by atoms with Crippen molar-refractivity contribution in [2.24, 2.45) is 0 Å². The lowest BCUT2D eigenvalue weighted by atomic mass is 9.99. The summed E-state index contributed by atoms with van der Waals surface area (Å²) < 4.78 is 0. The van der Waals surface area contributed by atoms with Gasteiger partial charge in [-0.05, 0) is 49.4 Å². The van der Waals surface area contributed by atoms with Gasteiger partial charge in [-0.25, -0.2) is 0 Å². The summed E-state index contributed by atoms with van der Waals surface area (Å²) in [4.78, 5) is 25.3. The van der Waals surface area contributed by atoms with E-state index in [0.717, 1.165) is 19.4 Å². The third kappa shape index (κ3) is 4.27. The molecule has 27 heavy (non-hydrogen) atoms. The molecule has 1 heterocycles. The first-order chi connectivity index (χ1) is 13.0. The normalized spacial score (nSPS) is 16.4. The molecule has 6 nitrogen and oxygen atoms in total. The number of aryl methyl sites for hydroxylation is 2. The fourth-order valence-electron chi connectivity index (χ4n) is 3.61. The average Bonchev–Trinajstić information content (AvgIpc) is 3.14. The maximum absolute atomic E-state index is 12.7. The van der Waals surface area contributed by atoms with Crippen molar-refractivity contribution in [2.75, 3.05) is 18.4 Å². The molecule has 2 aromatic rings. The Hall–Kier alpha value is -2.89. The third-order valence-electron chi connectivity index (χ3n) is 5.24. The van der Waals surface area contributed by atoms with Crippen molar-refractivity contribution in [3.63, 3.8) is 0 Å². The van der Waals surface area contributed by atoms with Gasteiger partial charge in [0.15, 0.2) is 0 Å². The molecule has 0 aromatic heterocycles. The molecule has 1 aliphatic heterocycles. The van der Waals surface area contributed by atoms with E-state index in [9.17, 15) is 14.9 Å². The van der Waals surface area contributed by atoms with Crippen LogP contribution in [-0.4, -0.2) is 28.8 Å². The number of carbonyl (C=O) groups is 1. The van der Waals surface area contributed by atoms with Crippen molar-refractivity contribution >= 4 is 17.3 Å². The lowest BCUT2D eigenvalue weighted by Gasteiger charge is -2.26. The predicted molar refractivity (Wildman–Crippen MR) is 106 cm³/mol. The number of nitrogens with one attached hydrogen (secondary N) is 1. The fourth-order valence-corrected chi connectivity index (χ4v) is 3.61. The molecule has 0 spiro atoms. The summed E-state index contributed by atoms with van der Waals surface area (Å²) in [5, 5.41) is 14.1. The molecule has 0 bridgehead atoms. The second-order valence-electron chi connectivity index (χ2n) is 7.04. The number of para-hydroxylation sites is 2. The Bertz CT molecular complexity index is 850. The molecule has 3 rings (SSSR count). The summed E-state index contributed by atoms with van der Waals surface area (Å²) in [6.45, 7) is 5.32. The first-order valence-electron chi connectivity index (χ1n) is 9.31. The highest BCUT2D eigenvalue weighted by Gasteiger charge is 2.29. The lowest BCUT2D eigenvalue weighted by Crippen LogP contribution is -2.31. The smallest absolute Gasteiger partial charge is 0.292 e. The van der Waals surface area contributed by atoms with Gasteiger partial charge in [0.05, 0.1) is 11.0 Å². The summed E-state index contributed by atoms with van der Waals surface area (Å²) in [7, 11) is 0. The van der Waals surface area contributed by atoms with Crippen molar-refractivity contribution in [3.05, 3.63) is 69.3 Å². The molecular formula is C21H25N3O3. The Balaban J connectivity index is 1.62. The number of benzene rings is 2. The van der Waals surface area contributed by atoms with Gasteiger partial charge in [-0.2, -0.15) is 0 Å². The minimum atomic E-state index is -0.416. The second-order valence-corrected chi connectivity index (χ2v) is 7.04. The number of anilines is 1. The Labute approximate surface area is 159 Å². The maximum Gasteiger partial charge on any atom is 0.292 e. The predicted octanol–water partition coefficient (Wildman–Crippen LogP) is 4.38. The highest BCUT2D eigenvalue weighted by molar-refractivity contribution is 5.78. The van der Waals surface area contributed by atoms with Crippen LogP contribution in [0.1, 0.15) is 42.0 Å². The number of hydrogen-bond donors (Lipinski definition) is 1. The van der Waals surface area contributed by atoms with Gasteiger partial charge >= 0.3 is 0 Å². The number of amides is 1. The van der Waals surface area contributed by atoms with Crippen LogP contribution in [0.4, 0.5) is 11.4 Å². The number of hydrogen-bond acceptors (Lipinski definition) is 4. The van der Waals surface area contributed by atoms with Crippen LogP contribution in [0, 0.1) is 24.0 Å². The zero-order valence-electron chi connectivity index (χ0n) is 15.8. The SMILES string of the molecule is Cc1ccc(C2CCCN2C(=O)CCNc2ccccc2[N+](=O)[O-])cc1C. The quantitative estimate of drug-likeness (QED) is 0.607. The molecule has 142 valence electrons. The number of nitrogens with zero attached hydrogens (tertiary/aromatic N) is 2. The number of carbonyl (C=O) groups excluding carboxylic acids is 1. The minimum Gasteiger partial charge on any atom is -0.379 e. The zero-order chi connectivity index (χ0) is 19.4. The van der Waals surface area contributed by atoms with E-state index >= 15 is 0 Å². The summed E-state index contributed by atoms with van der Waals surface area (Å²) in [5.74, 6) is 0.0850. The molecule has 1 saturated heterocycles. The van der Waals surface area contributed by atoms with E-state index in [-0.39, 0.29) is 17.6 Å². The molecule has 1 unspecified atom stereocenters. The Morgan fingerprint density at radius 2 is 2.00 bits per heavy atom. The molecule has 6 heteroatoms. The highest BCUT2D eigenvalue weighted by atomic mass is 16.6. The Morgan fingerprint density at radius 3 is 2.74 bits per heavy atom. The molecule has 0 aliphatic carbocycles. The number of likely N-dealkylation sites (tertiary alicyclic amines) is 1. The topological polar surface area (TPSA) is 75.5 Å². The summed E-state index contributed by atoms with van der Waals surface area (Å²) in [6.07, 6.45) is 2.29. The van der Waals surface area contributed by atoms with Crippen molar-refractivity contribution in [3.8, 4) is 0 Å². The lowest BCUT2D eigenvalue weighted by molar-refractivity contribution is -0.384. The Kier molecular flexibility index (Phi) is 5.74. The standard InChI is InChI=1S/C21H25N3O3/c1-15-9-10-17(14-16(15)2)19-8-5-13-23(19)21(25)11-12-22-18-6-3-4-7-20(18)24(26)27/h3-4,6-7,9-10,14,19,22H,5,8,11-13H2,1-2H3. The van der Waals surface area contributed by atoms with Crippen molar-refractivity contribution in [1.82, 2.24) is 4.90 Å². The van der Waals surface area contributed by atoms with Crippen LogP contribution in [0.5, 0.6) is 0 Å². The van der Waals surface area contributed by atoms with E-state index < -0.39 is 4.92 Å². The molecule has 1 fully saturated rings. The van der Waals surface area contributed by atoms with E-state index in [1.807, 2.05) is 4.90 Å². The van der Waals surface area contributed by atoms with Gasteiger partial charge in [-0.3, -0.25) is 14.9 Å². The maximum atomic E-state index is 12.7. The van der Waals surface area contributed by atoms with E-state index in [4.69, 9.17) is 0 Å². The number of nitro benzene ring substituents is 1. The molecule has 1 N–H and O–H groups in total. The van der Waals surface area contributed by atoms with Gasteiger partial charge in [0.25, 0.3) is 5.69 Å². The number of rotatable bonds is 6. The van der Waals surface area contributed by atoms with Gasteiger partial charge < -0.3 is 10.2 Å². The van der Waals surface area contributed by atoms with Gasteiger partial charge in [-0.15, -0.1) is 0 Å². The van der Waals surface area contributed by atoms with Crippen molar-refractivity contribution < 1.29 is 9.72 Å². The molecule has 0 saturated carbocycles. The summed E-state index contributed by atoms with van der Waals surface area (Å²) in [6, 6.07) is 13.0. The van der Waals surface area contributed by atoms with Crippen molar-refractivity contribution in [1.29, 1.82) is 0 Å². The largest absolute Gasteiger partial charge is 0.379 e. The van der Waals surface area contributed by atoms with E-state index in [0.29, 0.717) is 18.7 Å². The first-order valence-corrected chi connectivity index (χ1v) is 9.31.